The van der Waals surface area contributed by atoms with Gasteiger partial charge in [-0.05, 0) is 38.8 Å². The molecule has 0 aromatic rings. The van der Waals surface area contributed by atoms with Crippen LogP contribution in [0.1, 0.15) is 25.7 Å². The molecule has 0 saturated carbocycles. The monoisotopic (exact) mass is 347 g/mol. The van der Waals surface area contributed by atoms with Gasteiger partial charge >= 0.3 is 33.1 Å². The first kappa shape index (κ1) is 14.1. The van der Waals surface area contributed by atoms with Gasteiger partial charge in [0, 0.05) is 12.1 Å². The third kappa shape index (κ3) is 4.44. The van der Waals surface area contributed by atoms with Crippen LogP contribution in [0.4, 0.5) is 0 Å². The summed E-state index contributed by atoms with van der Waals surface area (Å²) in [7, 11) is 0. The van der Waals surface area contributed by atoms with Crippen molar-refractivity contribution in [3.63, 3.8) is 0 Å². The Morgan fingerprint density at radius 1 is 0.923 bits per heavy atom. The third-order valence-electron chi connectivity index (χ3n) is 2.68. The van der Waals surface area contributed by atoms with E-state index in [1.165, 1.54) is 38.8 Å². The van der Waals surface area contributed by atoms with E-state index in [1.807, 2.05) is 0 Å². The molecule has 2 aliphatic heterocycles. The minimum atomic E-state index is 0. The molecule has 0 aromatic heterocycles. The van der Waals surface area contributed by atoms with Gasteiger partial charge in [0.05, 0.1) is 0 Å². The van der Waals surface area contributed by atoms with Crippen LogP contribution in [0.2, 0.25) is 0 Å². The van der Waals surface area contributed by atoms with Crippen LogP contribution in [0.25, 0.3) is 0 Å². The van der Waals surface area contributed by atoms with Crippen molar-refractivity contribution < 1.29 is 18.2 Å². The Labute approximate surface area is 99.7 Å². The fourth-order valence-electron chi connectivity index (χ4n) is 2.11. The predicted molar refractivity (Wildman–Crippen MR) is 58.0 cm³/mol. The van der Waals surface area contributed by atoms with Crippen molar-refractivity contribution in [2.24, 2.45) is 0 Å². The fourth-order valence-corrected chi connectivity index (χ4v) is 2.11. The van der Waals surface area contributed by atoms with Crippen molar-refractivity contribution in [1.29, 1.82) is 0 Å². The van der Waals surface area contributed by atoms with Crippen LogP contribution < -0.4 is 10.6 Å². The van der Waals surface area contributed by atoms with Gasteiger partial charge in [-0.1, -0.05) is 0 Å². The zero-order chi connectivity index (χ0) is 8.81. The van der Waals surface area contributed by atoms with Crippen molar-refractivity contribution in [1.82, 2.24) is 10.6 Å². The maximum Gasteiger partial charge on any atom is -0.870 e. The normalized spacial score (nSPS) is 31.9. The molecule has 13 heavy (non-hydrogen) atoms. The summed E-state index contributed by atoms with van der Waals surface area (Å²) in [6.45, 7) is 2.48. The Kier molecular flexibility index (Phi) is 9.17. The molecule has 3 N–H and O–H groups in total. The average molecular weight is 348 g/mol. The van der Waals surface area contributed by atoms with Gasteiger partial charge in [0.25, 0.3) is 0 Å². The summed E-state index contributed by atoms with van der Waals surface area (Å²) < 4.78 is 0. The molecule has 2 aliphatic rings. The molecule has 0 radical (unpaired) electrons. The van der Waals surface area contributed by atoms with Gasteiger partial charge in [-0.2, -0.15) is 0 Å². The molecular weight excluding hydrogens is 331 g/mol. The molecule has 2 heterocycles. The first-order valence-electron chi connectivity index (χ1n) is 4.55. The molecule has 5 heteroatoms. The molecule has 0 aromatic carbocycles. The van der Waals surface area contributed by atoms with Crippen molar-refractivity contribution in [2.45, 2.75) is 37.8 Å². The Bertz CT molecular complexity index is 103. The summed E-state index contributed by atoms with van der Waals surface area (Å²) in [5.41, 5.74) is 0. The van der Waals surface area contributed by atoms with Crippen LogP contribution in [0, 0.1) is 0 Å². The second-order valence-corrected chi connectivity index (χ2v) is 3.41. The van der Waals surface area contributed by atoms with Crippen molar-refractivity contribution in [2.75, 3.05) is 13.1 Å². The van der Waals surface area contributed by atoms with E-state index in [0.717, 1.165) is 12.1 Å². The molecule has 2 atom stereocenters. The third-order valence-corrected chi connectivity index (χ3v) is 2.68. The van der Waals surface area contributed by atoms with E-state index in [1.54, 1.807) is 20.3 Å². The number of rotatable bonds is 0. The SMILES string of the molecule is C1CN[C@@H]2CCCN[C@@H]2C1.[Cu+][I].[OH-]. The molecule has 3 nitrogen and oxygen atoms in total. The topological polar surface area (TPSA) is 54.1 Å². The number of fused-ring (bicyclic) bond motifs is 1. The predicted octanol–water partition coefficient (Wildman–Crippen LogP) is 1.20. The largest absolute Gasteiger partial charge is 0.870 e. The zero-order valence-corrected chi connectivity index (χ0v) is 10.6. The summed E-state index contributed by atoms with van der Waals surface area (Å²) in [5, 5.41) is 7.12. The number of hydrogen-bond acceptors (Lipinski definition) is 3. The molecule has 2 fully saturated rings. The number of nitrogens with one attached hydrogen (secondary N) is 2. The van der Waals surface area contributed by atoms with Crippen LogP contribution in [-0.2, 0) is 12.8 Å². The number of halogens is 1. The van der Waals surface area contributed by atoms with Gasteiger partial charge in [0.1, 0.15) is 0 Å². The van der Waals surface area contributed by atoms with E-state index in [2.05, 4.69) is 23.4 Å². The van der Waals surface area contributed by atoms with E-state index in [0.29, 0.717) is 0 Å². The van der Waals surface area contributed by atoms with E-state index in [9.17, 15) is 0 Å². The first-order chi connectivity index (χ1) is 5.97. The molecular formula is C8H17CuIN2O. The van der Waals surface area contributed by atoms with Gasteiger partial charge in [-0.15, -0.1) is 0 Å². The second-order valence-electron chi connectivity index (χ2n) is 3.41. The molecule has 0 spiro atoms. The van der Waals surface area contributed by atoms with Crippen LogP contribution in [0.5, 0.6) is 0 Å². The van der Waals surface area contributed by atoms with Gasteiger partial charge in [0.2, 0.25) is 0 Å². The summed E-state index contributed by atoms with van der Waals surface area (Å²) in [5.74, 6) is 0. The summed E-state index contributed by atoms with van der Waals surface area (Å²) in [4.78, 5) is 0. The van der Waals surface area contributed by atoms with E-state index in [4.69, 9.17) is 0 Å². The summed E-state index contributed by atoms with van der Waals surface area (Å²) in [6, 6.07) is 1.59. The van der Waals surface area contributed by atoms with Crippen LogP contribution in [0.15, 0.2) is 0 Å². The van der Waals surface area contributed by atoms with Gasteiger partial charge in [0.15, 0.2) is 0 Å². The van der Waals surface area contributed by atoms with Gasteiger partial charge in [-0.25, -0.2) is 0 Å². The zero-order valence-electron chi connectivity index (χ0n) is 7.52. The molecule has 83 valence electrons. The van der Waals surface area contributed by atoms with E-state index < -0.39 is 0 Å². The number of piperidine rings is 2. The first-order valence-corrected chi connectivity index (χ1v) is 7.59. The maximum atomic E-state index is 4.16. The Hall–Kier alpha value is 1.13. The quantitative estimate of drug-likeness (QED) is 0.511. The molecule has 0 aliphatic carbocycles. The Morgan fingerprint density at radius 2 is 1.31 bits per heavy atom. The Morgan fingerprint density at radius 3 is 1.69 bits per heavy atom. The molecule has 0 unspecified atom stereocenters. The maximum absolute atomic E-state index is 4.16. The average Bonchev–Trinajstić information content (AvgIpc) is 2.21. The molecule has 0 amide bonds. The van der Waals surface area contributed by atoms with Crippen LogP contribution in [-0.4, -0.2) is 30.6 Å². The fraction of sp³-hybridized carbons (Fsp3) is 1.00. The minimum absolute atomic E-state index is 0. The van der Waals surface area contributed by atoms with E-state index in [-0.39, 0.29) is 5.48 Å². The van der Waals surface area contributed by atoms with Crippen molar-refractivity contribution in [3.8, 4) is 0 Å². The molecule has 2 saturated heterocycles. The molecule has 0 bridgehead atoms. The van der Waals surface area contributed by atoms with Crippen LogP contribution in [0.3, 0.4) is 0 Å². The summed E-state index contributed by atoms with van der Waals surface area (Å²) in [6.07, 6.45) is 5.48. The number of hydrogen-bond donors (Lipinski definition) is 2. The smallest absolute Gasteiger partial charge is 0.870 e. The Balaban J connectivity index is 0.000000451. The van der Waals surface area contributed by atoms with E-state index >= 15 is 0 Å². The summed E-state index contributed by atoms with van der Waals surface area (Å²) >= 11 is 5.87. The van der Waals surface area contributed by atoms with Gasteiger partial charge < -0.3 is 16.1 Å². The minimum Gasteiger partial charge on any atom is -0.870 e. The molecule has 2 rings (SSSR count). The van der Waals surface area contributed by atoms with Gasteiger partial charge in [-0.3, -0.25) is 0 Å². The van der Waals surface area contributed by atoms with Crippen LogP contribution >= 0.6 is 20.3 Å². The van der Waals surface area contributed by atoms with Crippen molar-refractivity contribution >= 4 is 20.3 Å². The van der Waals surface area contributed by atoms with Crippen molar-refractivity contribution in [3.05, 3.63) is 0 Å². The second kappa shape index (κ2) is 8.44. The standard InChI is InChI=1S/C8H16N2.Cu.HI.H2O/c1-3-7-8(9-5-1)4-2-6-10-7;;;/h7-10H,1-6H2;;1H;1H2/q;+2;;/p-2/t7-,8-;;;/m1.../s1.